The molecule has 0 saturated carbocycles. The standard InChI is InChI=1S/C15H16N2O4/c18-14(19)8-13-11-5-1-2-6-12(11)15(20)17(16-13)9-10-4-3-7-21-10/h1-2,5-6,10H,3-4,7-9H2,(H,18,19). The van der Waals surface area contributed by atoms with Crippen LogP contribution in [0.15, 0.2) is 29.1 Å². The average Bonchev–Trinajstić information content (AvgIpc) is 2.96. The minimum absolute atomic E-state index is 0.0194. The van der Waals surface area contributed by atoms with Gasteiger partial charge in [0.15, 0.2) is 0 Å². The van der Waals surface area contributed by atoms with Crippen LogP contribution in [0.3, 0.4) is 0 Å². The van der Waals surface area contributed by atoms with Crippen molar-refractivity contribution in [3.63, 3.8) is 0 Å². The van der Waals surface area contributed by atoms with Crippen LogP contribution in [0.25, 0.3) is 10.8 Å². The SMILES string of the molecule is O=C(O)Cc1nn(CC2CCCO2)c(=O)c2ccccc12. The summed E-state index contributed by atoms with van der Waals surface area (Å²) in [4.78, 5) is 23.5. The summed E-state index contributed by atoms with van der Waals surface area (Å²) in [5.41, 5.74) is 0.214. The van der Waals surface area contributed by atoms with Crippen molar-refractivity contribution in [3.05, 3.63) is 40.3 Å². The van der Waals surface area contributed by atoms with Gasteiger partial charge in [0.25, 0.3) is 5.56 Å². The van der Waals surface area contributed by atoms with Crippen molar-refractivity contribution in [1.82, 2.24) is 9.78 Å². The first-order chi connectivity index (χ1) is 10.1. The summed E-state index contributed by atoms with van der Waals surface area (Å²) in [5, 5.41) is 14.4. The van der Waals surface area contributed by atoms with Crippen molar-refractivity contribution in [2.24, 2.45) is 0 Å². The molecule has 3 rings (SSSR count). The van der Waals surface area contributed by atoms with Gasteiger partial charge in [-0.15, -0.1) is 0 Å². The van der Waals surface area contributed by atoms with Gasteiger partial charge in [0.2, 0.25) is 0 Å². The van der Waals surface area contributed by atoms with Crippen molar-refractivity contribution in [1.29, 1.82) is 0 Å². The Morgan fingerprint density at radius 1 is 1.38 bits per heavy atom. The number of carbonyl (C=O) groups is 1. The fraction of sp³-hybridized carbons (Fsp3) is 0.400. The summed E-state index contributed by atoms with van der Waals surface area (Å²) in [6.45, 7) is 1.07. The first kappa shape index (κ1) is 13.8. The molecule has 0 radical (unpaired) electrons. The maximum Gasteiger partial charge on any atom is 0.309 e. The lowest BCUT2D eigenvalue weighted by Crippen LogP contribution is -2.30. The summed E-state index contributed by atoms with van der Waals surface area (Å²) in [5.74, 6) is -0.963. The van der Waals surface area contributed by atoms with E-state index in [1.165, 1.54) is 4.68 Å². The zero-order valence-electron chi connectivity index (χ0n) is 11.5. The van der Waals surface area contributed by atoms with E-state index in [4.69, 9.17) is 9.84 Å². The van der Waals surface area contributed by atoms with Crippen molar-refractivity contribution in [3.8, 4) is 0 Å². The highest BCUT2D eigenvalue weighted by molar-refractivity contribution is 5.86. The minimum atomic E-state index is -0.963. The number of fused-ring (bicyclic) bond motifs is 1. The zero-order valence-corrected chi connectivity index (χ0v) is 11.5. The number of ether oxygens (including phenoxy) is 1. The number of hydrogen-bond acceptors (Lipinski definition) is 4. The van der Waals surface area contributed by atoms with Gasteiger partial charge in [0.05, 0.1) is 30.1 Å². The molecule has 1 aromatic carbocycles. The van der Waals surface area contributed by atoms with Gasteiger partial charge >= 0.3 is 5.97 Å². The maximum absolute atomic E-state index is 12.5. The Morgan fingerprint density at radius 3 is 2.81 bits per heavy atom. The molecular weight excluding hydrogens is 272 g/mol. The number of carboxylic acid groups (broad SMARTS) is 1. The third-order valence-electron chi connectivity index (χ3n) is 3.66. The van der Waals surface area contributed by atoms with Gasteiger partial charge in [-0.2, -0.15) is 5.10 Å². The van der Waals surface area contributed by atoms with E-state index < -0.39 is 5.97 Å². The monoisotopic (exact) mass is 288 g/mol. The molecule has 0 spiro atoms. The first-order valence-electron chi connectivity index (χ1n) is 6.97. The average molecular weight is 288 g/mol. The van der Waals surface area contributed by atoms with E-state index in [1.54, 1.807) is 24.3 Å². The molecule has 0 bridgehead atoms. The highest BCUT2D eigenvalue weighted by Crippen LogP contribution is 2.16. The number of aliphatic carboxylic acids is 1. The van der Waals surface area contributed by atoms with Gasteiger partial charge in [0.1, 0.15) is 0 Å². The molecule has 1 aromatic heterocycles. The minimum Gasteiger partial charge on any atom is -0.481 e. The van der Waals surface area contributed by atoms with Gasteiger partial charge in [-0.25, -0.2) is 4.68 Å². The van der Waals surface area contributed by atoms with Gasteiger partial charge in [-0.05, 0) is 18.9 Å². The molecule has 2 aromatic rings. The lowest BCUT2D eigenvalue weighted by atomic mass is 10.1. The van der Waals surface area contributed by atoms with E-state index in [1.807, 2.05) is 0 Å². The molecular formula is C15H16N2O4. The fourth-order valence-electron chi connectivity index (χ4n) is 2.68. The molecule has 6 nitrogen and oxygen atoms in total. The molecule has 1 aliphatic rings. The Kier molecular flexibility index (Phi) is 3.70. The number of benzene rings is 1. The molecule has 21 heavy (non-hydrogen) atoms. The van der Waals surface area contributed by atoms with Crippen LogP contribution in [-0.2, 0) is 22.5 Å². The highest BCUT2D eigenvalue weighted by atomic mass is 16.5. The van der Waals surface area contributed by atoms with E-state index in [9.17, 15) is 9.59 Å². The Balaban J connectivity index is 2.08. The molecule has 1 aliphatic heterocycles. The number of hydrogen-bond donors (Lipinski definition) is 1. The van der Waals surface area contributed by atoms with Gasteiger partial charge in [-0.1, -0.05) is 18.2 Å². The Labute approximate surface area is 121 Å². The second-order valence-corrected chi connectivity index (χ2v) is 5.19. The number of aromatic nitrogens is 2. The van der Waals surface area contributed by atoms with E-state index in [0.717, 1.165) is 12.8 Å². The predicted octanol–water partition coefficient (Wildman–Crippen LogP) is 1.20. The summed E-state index contributed by atoms with van der Waals surface area (Å²) in [7, 11) is 0. The summed E-state index contributed by atoms with van der Waals surface area (Å²) < 4.78 is 6.87. The summed E-state index contributed by atoms with van der Waals surface area (Å²) in [6.07, 6.45) is 1.66. The third-order valence-corrected chi connectivity index (χ3v) is 3.66. The van der Waals surface area contributed by atoms with Crippen LogP contribution >= 0.6 is 0 Å². The highest BCUT2D eigenvalue weighted by Gasteiger charge is 2.19. The first-order valence-corrected chi connectivity index (χ1v) is 6.97. The van der Waals surface area contributed by atoms with E-state index in [0.29, 0.717) is 29.6 Å². The second-order valence-electron chi connectivity index (χ2n) is 5.19. The van der Waals surface area contributed by atoms with E-state index in [-0.39, 0.29) is 18.1 Å². The molecule has 2 heterocycles. The van der Waals surface area contributed by atoms with E-state index in [2.05, 4.69) is 5.10 Å². The molecule has 6 heteroatoms. The Morgan fingerprint density at radius 2 is 2.14 bits per heavy atom. The summed E-state index contributed by atoms with van der Waals surface area (Å²) >= 11 is 0. The smallest absolute Gasteiger partial charge is 0.309 e. The van der Waals surface area contributed by atoms with Crippen LogP contribution in [0.1, 0.15) is 18.5 Å². The number of rotatable bonds is 4. The quantitative estimate of drug-likeness (QED) is 0.914. The van der Waals surface area contributed by atoms with Crippen LogP contribution < -0.4 is 5.56 Å². The fourth-order valence-corrected chi connectivity index (χ4v) is 2.68. The lowest BCUT2D eigenvalue weighted by Gasteiger charge is -2.13. The largest absolute Gasteiger partial charge is 0.481 e. The van der Waals surface area contributed by atoms with Gasteiger partial charge < -0.3 is 9.84 Å². The lowest BCUT2D eigenvalue weighted by molar-refractivity contribution is -0.136. The van der Waals surface area contributed by atoms with Crippen molar-refractivity contribution in [2.75, 3.05) is 6.61 Å². The van der Waals surface area contributed by atoms with Crippen LogP contribution in [0.5, 0.6) is 0 Å². The number of carboxylic acids is 1. The van der Waals surface area contributed by atoms with Crippen molar-refractivity contribution >= 4 is 16.7 Å². The maximum atomic E-state index is 12.5. The third kappa shape index (κ3) is 2.80. The van der Waals surface area contributed by atoms with Crippen LogP contribution in [0.4, 0.5) is 0 Å². The molecule has 1 atom stereocenters. The predicted molar refractivity (Wildman–Crippen MR) is 76.3 cm³/mol. The Hall–Kier alpha value is -2.21. The molecule has 1 unspecified atom stereocenters. The van der Waals surface area contributed by atoms with Crippen LogP contribution in [0.2, 0.25) is 0 Å². The Bertz CT molecular complexity index is 732. The van der Waals surface area contributed by atoms with Crippen molar-refractivity contribution < 1.29 is 14.6 Å². The van der Waals surface area contributed by atoms with E-state index >= 15 is 0 Å². The van der Waals surface area contributed by atoms with Gasteiger partial charge in [0, 0.05) is 12.0 Å². The van der Waals surface area contributed by atoms with Gasteiger partial charge in [-0.3, -0.25) is 9.59 Å². The normalized spacial score (nSPS) is 18.2. The molecule has 1 fully saturated rings. The molecule has 1 N–H and O–H groups in total. The zero-order chi connectivity index (χ0) is 14.8. The van der Waals surface area contributed by atoms with Crippen LogP contribution in [-0.4, -0.2) is 33.6 Å². The molecule has 0 amide bonds. The van der Waals surface area contributed by atoms with Crippen molar-refractivity contribution in [2.45, 2.75) is 31.9 Å². The molecule has 0 aliphatic carbocycles. The number of nitrogens with zero attached hydrogens (tertiary/aromatic N) is 2. The topological polar surface area (TPSA) is 81.4 Å². The second kappa shape index (κ2) is 5.65. The molecule has 1 saturated heterocycles. The van der Waals surface area contributed by atoms with Crippen LogP contribution in [0, 0.1) is 0 Å². The summed E-state index contributed by atoms with van der Waals surface area (Å²) in [6, 6.07) is 6.99. The molecule has 110 valence electrons.